The van der Waals surface area contributed by atoms with E-state index in [2.05, 4.69) is 10.3 Å². The fourth-order valence-corrected chi connectivity index (χ4v) is 3.36. The Morgan fingerprint density at radius 1 is 1.38 bits per heavy atom. The highest BCUT2D eigenvalue weighted by molar-refractivity contribution is 7.15. The second kappa shape index (κ2) is 5.50. The molecule has 1 aliphatic carbocycles. The van der Waals surface area contributed by atoms with E-state index >= 15 is 0 Å². The molecule has 1 atom stereocenters. The lowest BCUT2D eigenvalue weighted by molar-refractivity contribution is 0.102. The summed E-state index contributed by atoms with van der Waals surface area (Å²) in [5, 5.41) is 3.08. The number of rotatable bonds is 2. The molecule has 1 aliphatic rings. The summed E-state index contributed by atoms with van der Waals surface area (Å²) in [4.78, 5) is 17.4. The Morgan fingerprint density at radius 2 is 2.19 bits per heavy atom. The van der Waals surface area contributed by atoms with Gasteiger partial charge >= 0.3 is 0 Å². The molecule has 0 spiro atoms. The molecule has 7 heteroatoms. The van der Waals surface area contributed by atoms with E-state index < -0.39 is 17.5 Å². The lowest BCUT2D eigenvalue weighted by Crippen LogP contribution is -2.27. The van der Waals surface area contributed by atoms with Crippen LogP contribution in [0.15, 0.2) is 18.2 Å². The summed E-state index contributed by atoms with van der Waals surface area (Å²) in [5.74, 6) is -2.54. The molecule has 0 saturated heterocycles. The topological polar surface area (TPSA) is 68.0 Å². The van der Waals surface area contributed by atoms with Crippen LogP contribution >= 0.6 is 11.3 Å². The van der Waals surface area contributed by atoms with E-state index in [1.54, 1.807) is 0 Å². The van der Waals surface area contributed by atoms with Gasteiger partial charge in [-0.2, -0.15) is 0 Å². The Hall–Kier alpha value is -1.86. The summed E-state index contributed by atoms with van der Waals surface area (Å²) in [6.07, 6.45) is 2.44. The van der Waals surface area contributed by atoms with Crippen LogP contribution in [0.25, 0.3) is 0 Å². The number of aryl methyl sites for hydroxylation is 1. The van der Waals surface area contributed by atoms with Crippen molar-refractivity contribution in [1.29, 1.82) is 0 Å². The Labute approximate surface area is 124 Å². The van der Waals surface area contributed by atoms with Gasteiger partial charge in [-0.1, -0.05) is 0 Å². The number of amides is 1. The highest BCUT2D eigenvalue weighted by atomic mass is 32.1. The van der Waals surface area contributed by atoms with Crippen molar-refractivity contribution < 1.29 is 13.6 Å². The number of carbonyl (C=O) groups excluding carboxylic acids is 1. The van der Waals surface area contributed by atoms with E-state index in [4.69, 9.17) is 5.73 Å². The molecular weight excluding hydrogens is 296 g/mol. The van der Waals surface area contributed by atoms with E-state index in [-0.39, 0.29) is 11.6 Å². The molecule has 0 aliphatic heterocycles. The number of thiazole rings is 1. The highest BCUT2D eigenvalue weighted by Gasteiger charge is 2.21. The molecule has 0 unspecified atom stereocenters. The summed E-state index contributed by atoms with van der Waals surface area (Å²) < 4.78 is 26.0. The van der Waals surface area contributed by atoms with E-state index in [0.717, 1.165) is 42.0 Å². The zero-order valence-electron chi connectivity index (χ0n) is 11.0. The molecule has 0 bridgehead atoms. The van der Waals surface area contributed by atoms with Crippen LogP contribution in [0.2, 0.25) is 0 Å². The van der Waals surface area contributed by atoms with Crippen LogP contribution in [0.5, 0.6) is 0 Å². The van der Waals surface area contributed by atoms with E-state index in [1.807, 2.05) is 0 Å². The van der Waals surface area contributed by atoms with Crippen molar-refractivity contribution in [3.63, 3.8) is 0 Å². The van der Waals surface area contributed by atoms with Gasteiger partial charge < -0.3 is 5.73 Å². The number of aromatic nitrogens is 1. The van der Waals surface area contributed by atoms with Crippen molar-refractivity contribution in [2.24, 2.45) is 5.73 Å². The molecular formula is C14H13F2N3OS. The number of carbonyl (C=O) groups is 1. The third kappa shape index (κ3) is 2.93. The quantitative estimate of drug-likeness (QED) is 0.895. The molecule has 1 aromatic heterocycles. The van der Waals surface area contributed by atoms with Gasteiger partial charge in [-0.3, -0.25) is 10.1 Å². The maximum atomic E-state index is 13.1. The molecule has 1 heterocycles. The molecule has 3 rings (SSSR count). The second-order valence-electron chi connectivity index (χ2n) is 4.97. The van der Waals surface area contributed by atoms with Gasteiger partial charge in [0.25, 0.3) is 5.91 Å². The van der Waals surface area contributed by atoms with Gasteiger partial charge in [0.05, 0.1) is 5.69 Å². The average molecular weight is 309 g/mol. The minimum atomic E-state index is -1.05. The first-order valence-corrected chi connectivity index (χ1v) is 7.35. The minimum absolute atomic E-state index is 0.0544. The van der Waals surface area contributed by atoms with Gasteiger partial charge in [0.2, 0.25) is 0 Å². The molecule has 0 radical (unpaired) electrons. The Morgan fingerprint density at radius 3 is 2.95 bits per heavy atom. The summed E-state index contributed by atoms with van der Waals surface area (Å²) in [5.41, 5.74) is 6.91. The first kappa shape index (κ1) is 14.1. The smallest absolute Gasteiger partial charge is 0.257 e. The first-order chi connectivity index (χ1) is 10.0. The average Bonchev–Trinajstić information content (AvgIpc) is 2.83. The summed E-state index contributed by atoms with van der Waals surface area (Å²) >= 11 is 1.38. The molecule has 110 valence electrons. The SMILES string of the molecule is N[C@H]1CCc2nc(NC(=O)c3ccc(F)c(F)c3)sc2C1. The van der Waals surface area contributed by atoms with Crippen molar-refractivity contribution >= 4 is 22.4 Å². The number of hydrogen-bond acceptors (Lipinski definition) is 4. The number of nitrogens with two attached hydrogens (primary N) is 1. The predicted octanol–water partition coefficient (Wildman–Crippen LogP) is 2.49. The van der Waals surface area contributed by atoms with Crippen LogP contribution in [0.1, 0.15) is 27.3 Å². The number of anilines is 1. The largest absolute Gasteiger partial charge is 0.327 e. The van der Waals surface area contributed by atoms with Crippen LogP contribution in [-0.4, -0.2) is 16.9 Å². The molecule has 21 heavy (non-hydrogen) atoms. The van der Waals surface area contributed by atoms with Crippen LogP contribution in [0.4, 0.5) is 13.9 Å². The zero-order valence-corrected chi connectivity index (χ0v) is 11.8. The predicted molar refractivity (Wildman–Crippen MR) is 76.4 cm³/mol. The van der Waals surface area contributed by atoms with Gasteiger partial charge in [0.15, 0.2) is 16.8 Å². The molecule has 1 amide bonds. The molecule has 2 aromatic rings. The fourth-order valence-electron chi connectivity index (χ4n) is 2.26. The number of halogens is 2. The van der Waals surface area contributed by atoms with E-state index in [9.17, 15) is 13.6 Å². The van der Waals surface area contributed by atoms with Crippen LogP contribution in [0, 0.1) is 11.6 Å². The maximum absolute atomic E-state index is 13.1. The van der Waals surface area contributed by atoms with Crippen LogP contribution in [-0.2, 0) is 12.8 Å². The lowest BCUT2D eigenvalue weighted by atomic mass is 9.99. The molecule has 3 N–H and O–H groups in total. The summed E-state index contributed by atoms with van der Waals surface area (Å²) in [6.45, 7) is 0. The Balaban J connectivity index is 1.77. The summed E-state index contributed by atoms with van der Waals surface area (Å²) in [6, 6.07) is 3.16. The number of nitrogens with zero attached hydrogens (tertiary/aromatic N) is 1. The standard InChI is InChI=1S/C14H13F2N3OS/c15-9-3-1-7(5-10(9)16)13(20)19-14-18-11-4-2-8(17)6-12(11)21-14/h1,3,5,8H,2,4,6,17H2,(H,18,19,20)/t8-/m0/s1. The second-order valence-corrected chi connectivity index (χ2v) is 6.06. The van der Waals surface area contributed by atoms with Gasteiger partial charge in [-0.05, 0) is 37.5 Å². The number of hydrogen-bond donors (Lipinski definition) is 2. The number of fused-ring (bicyclic) bond motifs is 1. The third-order valence-corrected chi connectivity index (χ3v) is 4.42. The van der Waals surface area contributed by atoms with Gasteiger partial charge in [0.1, 0.15) is 0 Å². The zero-order chi connectivity index (χ0) is 15.0. The van der Waals surface area contributed by atoms with E-state index in [0.29, 0.717) is 5.13 Å². The van der Waals surface area contributed by atoms with E-state index in [1.165, 1.54) is 17.4 Å². The van der Waals surface area contributed by atoms with Crippen LogP contribution in [0.3, 0.4) is 0 Å². The van der Waals surface area contributed by atoms with Gasteiger partial charge in [0, 0.05) is 16.5 Å². The maximum Gasteiger partial charge on any atom is 0.257 e. The molecule has 1 aromatic carbocycles. The molecule has 4 nitrogen and oxygen atoms in total. The number of nitrogens with one attached hydrogen (secondary N) is 1. The highest BCUT2D eigenvalue weighted by Crippen LogP contribution is 2.29. The Kier molecular flexibility index (Phi) is 3.69. The van der Waals surface area contributed by atoms with Crippen molar-refractivity contribution in [1.82, 2.24) is 4.98 Å². The lowest BCUT2D eigenvalue weighted by Gasteiger charge is -2.15. The normalized spacial score (nSPS) is 17.4. The van der Waals surface area contributed by atoms with Gasteiger partial charge in [-0.25, -0.2) is 13.8 Å². The summed E-state index contributed by atoms with van der Waals surface area (Å²) in [7, 11) is 0. The van der Waals surface area contributed by atoms with Crippen molar-refractivity contribution in [2.75, 3.05) is 5.32 Å². The fraction of sp³-hybridized carbons (Fsp3) is 0.286. The van der Waals surface area contributed by atoms with Crippen molar-refractivity contribution in [3.05, 3.63) is 46.0 Å². The molecule has 0 fully saturated rings. The molecule has 0 saturated carbocycles. The third-order valence-electron chi connectivity index (χ3n) is 3.38. The van der Waals surface area contributed by atoms with Crippen molar-refractivity contribution in [3.8, 4) is 0 Å². The van der Waals surface area contributed by atoms with Gasteiger partial charge in [-0.15, -0.1) is 11.3 Å². The van der Waals surface area contributed by atoms with Crippen LogP contribution < -0.4 is 11.1 Å². The Bertz CT molecular complexity index is 702. The first-order valence-electron chi connectivity index (χ1n) is 6.53. The van der Waals surface area contributed by atoms with Crippen molar-refractivity contribution in [2.45, 2.75) is 25.3 Å². The minimum Gasteiger partial charge on any atom is -0.327 e. The monoisotopic (exact) mass is 309 g/mol. The number of benzene rings is 1.